The molecule has 3 nitrogen and oxygen atoms in total. The smallest absolute Gasteiger partial charge is 0.124 e. The molecule has 2 N–H and O–H groups in total. The van der Waals surface area contributed by atoms with Gasteiger partial charge in [0.1, 0.15) is 5.82 Å². The lowest BCUT2D eigenvalue weighted by atomic mass is 10.1. The van der Waals surface area contributed by atoms with Crippen molar-refractivity contribution in [3.63, 3.8) is 0 Å². The molecule has 0 spiro atoms. The number of nitriles is 1. The van der Waals surface area contributed by atoms with E-state index in [0.717, 1.165) is 5.56 Å². The minimum atomic E-state index is -0.303. The van der Waals surface area contributed by atoms with Crippen LogP contribution in [0.5, 0.6) is 0 Å². The molecule has 0 aliphatic carbocycles. The summed E-state index contributed by atoms with van der Waals surface area (Å²) in [6, 6.07) is 7.07. The first-order valence-corrected chi connectivity index (χ1v) is 6.66. The van der Waals surface area contributed by atoms with Gasteiger partial charge >= 0.3 is 0 Å². The van der Waals surface area contributed by atoms with Crippen LogP contribution in [0.2, 0.25) is 0 Å². The van der Waals surface area contributed by atoms with Gasteiger partial charge in [0.25, 0.3) is 0 Å². The second-order valence-corrected chi connectivity index (χ2v) is 4.78. The van der Waals surface area contributed by atoms with Crippen LogP contribution in [-0.2, 0) is 6.54 Å². The topological polar surface area (TPSA) is 53.0 Å². The molecule has 4 heteroatoms. The largest absolute Gasteiger partial charge is 0.320 e. The van der Waals surface area contributed by atoms with E-state index in [1.165, 1.54) is 12.1 Å². The minimum Gasteiger partial charge on any atom is -0.320 e. The molecule has 0 aliphatic rings. The molecule has 0 heterocycles. The summed E-state index contributed by atoms with van der Waals surface area (Å²) in [5, 5.41) is 8.71. The Morgan fingerprint density at radius 3 is 2.75 bits per heavy atom. The molecular formula is C16H20FN3. The fraction of sp³-hybridized carbons (Fsp3) is 0.438. The highest BCUT2D eigenvalue weighted by Gasteiger charge is 2.12. The standard InChI is InChI=1S/C16H20FN3/c1-13(2)20(10-4-9-19)12-15-6-7-16(17)11-14(15)5-3-8-18/h6-7,11,13H,4,8,10,12,18H2,1-2H3. The summed E-state index contributed by atoms with van der Waals surface area (Å²) in [6.07, 6.45) is 0.475. The molecule has 0 amide bonds. The second-order valence-electron chi connectivity index (χ2n) is 4.78. The Labute approximate surface area is 120 Å². The zero-order valence-corrected chi connectivity index (χ0v) is 12.0. The molecule has 0 saturated carbocycles. The van der Waals surface area contributed by atoms with Gasteiger partial charge in [0.05, 0.1) is 12.6 Å². The number of benzene rings is 1. The highest BCUT2D eigenvalue weighted by atomic mass is 19.1. The van der Waals surface area contributed by atoms with Crippen LogP contribution in [0.25, 0.3) is 0 Å². The van der Waals surface area contributed by atoms with E-state index in [1.807, 2.05) is 0 Å². The fourth-order valence-electron chi connectivity index (χ4n) is 1.88. The van der Waals surface area contributed by atoms with Crippen LogP contribution in [-0.4, -0.2) is 24.0 Å². The fourth-order valence-corrected chi connectivity index (χ4v) is 1.88. The van der Waals surface area contributed by atoms with E-state index in [1.54, 1.807) is 6.07 Å². The van der Waals surface area contributed by atoms with Gasteiger partial charge in [0.15, 0.2) is 0 Å². The third kappa shape index (κ3) is 5.01. The van der Waals surface area contributed by atoms with Gasteiger partial charge in [-0.2, -0.15) is 5.26 Å². The molecule has 1 aromatic carbocycles. The molecule has 0 unspecified atom stereocenters. The number of hydrogen-bond donors (Lipinski definition) is 1. The van der Waals surface area contributed by atoms with Gasteiger partial charge in [-0.1, -0.05) is 17.9 Å². The third-order valence-corrected chi connectivity index (χ3v) is 3.01. The Bertz CT molecular complexity index is 535. The van der Waals surface area contributed by atoms with Crippen molar-refractivity contribution >= 4 is 0 Å². The summed E-state index contributed by atoms with van der Waals surface area (Å²) in [4.78, 5) is 2.17. The summed E-state index contributed by atoms with van der Waals surface area (Å²) in [7, 11) is 0. The molecule has 1 rings (SSSR count). The molecule has 0 aliphatic heterocycles. The average molecular weight is 273 g/mol. The van der Waals surface area contributed by atoms with Gasteiger partial charge in [0.2, 0.25) is 0 Å². The molecule has 0 radical (unpaired) electrons. The maximum Gasteiger partial charge on any atom is 0.124 e. The number of nitrogens with zero attached hydrogens (tertiary/aromatic N) is 2. The number of hydrogen-bond acceptors (Lipinski definition) is 3. The van der Waals surface area contributed by atoms with E-state index in [0.29, 0.717) is 31.1 Å². The first-order valence-electron chi connectivity index (χ1n) is 6.66. The zero-order valence-electron chi connectivity index (χ0n) is 12.0. The molecule has 106 valence electrons. The SMILES string of the molecule is CC(C)N(CCC#N)Cc1ccc(F)cc1C#CCN. The van der Waals surface area contributed by atoms with Crippen LogP contribution in [0.3, 0.4) is 0 Å². The number of rotatable bonds is 5. The van der Waals surface area contributed by atoms with E-state index in [9.17, 15) is 4.39 Å². The minimum absolute atomic E-state index is 0.248. The lowest BCUT2D eigenvalue weighted by Gasteiger charge is -2.26. The van der Waals surface area contributed by atoms with Gasteiger partial charge < -0.3 is 5.73 Å². The summed E-state index contributed by atoms with van der Waals surface area (Å²) in [5.41, 5.74) is 6.99. The van der Waals surface area contributed by atoms with Gasteiger partial charge in [-0.3, -0.25) is 4.90 Å². The predicted molar refractivity (Wildman–Crippen MR) is 78.1 cm³/mol. The average Bonchev–Trinajstić information content (AvgIpc) is 2.42. The van der Waals surface area contributed by atoms with E-state index >= 15 is 0 Å². The van der Waals surface area contributed by atoms with Crippen LogP contribution in [0.4, 0.5) is 4.39 Å². The lowest BCUT2D eigenvalue weighted by molar-refractivity contribution is 0.217. The zero-order chi connectivity index (χ0) is 15.0. The van der Waals surface area contributed by atoms with E-state index in [4.69, 9.17) is 11.0 Å². The Kier molecular flexibility index (Phi) is 6.73. The number of halogens is 1. The quantitative estimate of drug-likeness (QED) is 0.837. The number of nitrogens with two attached hydrogens (primary N) is 1. The Hall–Kier alpha value is -1.88. The third-order valence-electron chi connectivity index (χ3n) is 3.01. The van der Waals surface area contributed by atoms with Crippen molar-refractivity contribution in [1.29, 1.82) is 5.26 Å². The van der Waals surface area contributed by atoms with Crippen LogP contribution in [0.15, 0.2) is 18.2 Å². The first-order chi connectivity index (χ1) is 9.58. The maximum absolute atomic E-state index is 13.3. The van der Waals surface area contributed by atoms with Crippen molar-refractivity contribution in [1.82, 2.24) is 4.90 Å². The molecule has 0 bridgehead atoms. The molecule has 1 aromatic rings. The molecule has 0 atom stereocenters. The Morgan fingerprint density at radius 1 is 1.40 bits per heavy atom. The summed E-state index contributed by atoms with van der Waals surface area (Å²) >= 11 is 0. The molecule has 20 heavy (non-hydrogen) atoms. The summed E-state index contributed by atoms with van der Waals surface area (Å²) in [6.45, 7) is 5.74. The summed E-state index contributed by atoms with van der Waals surface area (Å²) in [5.74, 6) is 5.36. The molecule has 0 saturated heterocycles. The van der Waals surface area contributed by atoms with Crippen molar-refractivity contribution in [3.8, 4) is 17.9 Å². The normalized spacial score (nSPS) is 10.2. The molecule has 0 aromatic heterocycles. The van der Waals surface area contributed by atoms with Crippen molar-refractivity contribution in [2.45, 2.75) is 32.9 Å². The van der Waals surface area contributed by atoms with E-state index in [2.05, 4.69) is 36.7 Å². The van der Waals surface area contributed by atoms with Gasteiger partial charge in [-0.25, -0.2) is 4.39 Å². The second kappa shape index (κ2) is 8.32. The van der Waals surface area contributed by atoms with Gasteiger partial charge in [0, 0.05) is 31.1 Å². The van der Waals surface area contributed by atoms with Gasteiger partial charge in [-0.05, 0) is 31.5 Å². The first kappa shape index (κ1) is 16.2. The van der Waals surface area contributed by atoms with Crippen molar-refractivity contribution in [2.24, 2.45) is 5.73 Å². The highest BCUT2D eigenvalue weighted by molar-refractivity contribution is 5.42. The highest BCUT2D eigenvalue weighted by Crippen LogP contribution is 2.15. The van der Waals surface area contributed by atoms with Crippen LogP contribution in [0.1, 0.15) is 31.4 Å². The maximum atomic E-state index is 13.3. The molecular weight excluding hydrogens is 253 g/mol. The van der Waals surface area contributed by atoms with Crippen LogP contribution in [0, 0.1) is 29.0 Å². The Morgan fingerprint density at radius 2 is 2.15 bits per heavy atom. The van der Waals surface area contributed by atoms with Crippen molar-refractivity contribution < 1.29 is 4.39 Å². The van der Waals surface area contributed by atoms with Gasteiger partial charge in [-0.15, -0.1) is 0 Å². The monoisotopic (exact) mass is 273 g/mol. The van der Waals surface area contributed by atoms with Crippen molar-refractivity contribution in [3.05, 3.63) is 35.1 Å². The summed E-state index contributed by atoms with van der Waals surface area (Å²) < 4.78 is 13.3. The van der Waals surface area contributed by atoms with E-state index < -0.39 is 0 Å². The van der Waals surface area contributed by atoms with Crippen LogP contribution < -0.4 is 5.73 Å². The van der Waals surface area contributed by atoms with Crippen LogP contribution >= 0.6 is 0 Å². The Balaban J connectivity index is 2.97. The molecule has 0 fully saturated rings. The van der Waals surface area contributed by atoms with Crippen molar-refractivity contribution in [2.75, 3.05) is 13.1 Å². The predicted octanol–water partition coefficient (Wildman–Crippen LogP) is 2.26. The van der Waals surface area contributed by atoms with E-state index in [-0.39, 0.29) is 12.4 Å². The lowest BCUT2D eigenvalue weighted by Crippen LogP contribution is -2.31.